The summed E-state index contributed by atoms with van der Waals surface area (Å²) in [6, 6.07) is 15.2. The quantitative estimate of drug-likeness (QED) is 0.536. The molecule has 0 radical (unpaired) electrons. The molecule has 2 aromatic carbocycles. The number of fused-ring (bicyclic) bond motifs is 3. The number of likely N-dealkylation sites (tertiary alicyclic amines) is 1. The largest absolute Gasteiger partial charge is 0.481 e. The van der Waals surface area contributed by atoms with Crippen molar-refractivity contribution in [1.82, 2.24) is 15.5 Å². The number of carboxylic acids is 1. The molecule has 3 N–H and O–H groups in total. The van der Waals surface area contributed by atoms with E-state index >= 15 is 0 Å². The predicted octanol–water partition coefficient (Wildman–Crippen LogP) is 3.36. The number of carboxylic acid groups (broad SMARTS) is 1. The van der Waals surface area contributed by atoms with Crippen molar-refractivity contribution in [2.45, 2.75) is 57.2 Å². The molecule has 8 nitrogen and oxygen atoms in total. The third kappa shape index (κ3) is 5.82. The van der Waals surface area contributed by atoms with Crippen molar-refractivity contribution in [1.29, 1.82) is 0 Å². The summed E-state index contributed by atoms with van der Waals surface area (Å²) >= 11 is 0. The molecule has 1 fully saturated rings. The normalized spacial score (nSPS) is 16.9. The molecule has 186 valence electrons. The number of hydrogen-bond donors (Lipinski definition) is 3. The Hall–Kier alpha value is -3.39. The zero-order valence-corrected chi connectivity index (χ0v) is 20.2. The van der Waals surface area contributed by atoms with E-state index in [4.69, 9.17) is 4.74 Å². The van der Waals surface area contributed by atoms with E-state index in [0.717, 1.165) is 48.2 Å². The summed E-state index contributed by atoms with van der Waals surface area (Å²) in [6.45, 7) is 6.10. The Kier molecular flexibility index (Phi) is 7.70. The van der Waals surface area contributed by atoms with Crippen LogP contribution in [-0.2, 0) is 14.3 Å². The number of nitrogens with one attached hydrogen (secondary N) is 2. The van der Waals surface area contributed by atoms with Crippen LogP contribution in [-0.4, -0.2) is 65.8 Å². The zero-order valence-electron chi connectivity index (χ0n) is 20.2. The van der Waals surface area contributed by atoms with Crippen LogP contribution in [0.2, 0.25) is 0 Å². The Bertz CT molecular complexity index is 1030. The Morgan fingerprint density at radius 2 is 1.57 bits per heavy atom. The molecule has 1 atom stereocenters. The van der Waals surface area contributed by atoms with Crippen LogP contribution in [0.3, 0.4) is 0 Å². The second-order valence-corrected chi connectivity index (χ2v) is 9.53. The molecule has 35 heavy (non-hydrogen) atoms. The van der Waals surface area contributed by atoms with Crippen molar-refractivity contribution in [3.8, 4) is 11.1 Å². The lowest BCUT2D eigenvalue weighted by atomic mass is 9.98. The molecule has 0 saturated carbocycles. The molecule has 0 bridgehead atoms. The molecule has 1 unspecified atom stereocenters. The molecule has 2 aromatic rings. The molecular formula is C27H33N3O5. The number of piperidine rings is 1. The summed E-state index contributed by atoms with van der Waals surface area (Å²) in [6.07, 6.45) is 0.257. The first-order valence-electron chi connectivity index (χ1n) is 12.2. The highest BCUT2D eigenvalue weighted by Crippen LogP contribution is 2.44. The van der Waals surface area contributed by atoms with Gasteiger partial charge in [0.2, 0.25) is 5.91 Å². The molecule has 2 amide bonds. The summed E-state index contributed by atoms with van der Waals surface area (Å²) in [7, 11) is 0. The summed E-state index contributed by atoms with van der Waals surface area (Å²) in [5, 5.41) is 14.7. The lowest BCUT2D eigenvalue weighted by Crippen LogP contribution is -2.53. The van der Waals surface area contributed by atoms with Crippen LogP contribution < -0.4 is 10.6 Å². The summed E-state index contributed by atoms with van der Waals surface area (Å²) in [5.74, 6) is -1.78. The minimum Gasteiger partial charge on any atom is -0.481 e. The van der Waals surface area contributed by atoms with Gasteiger partial charge >= 0.3 is 12.1 Å². The molecule has 8 heteroatoms. The molecule has 1 aliphatic carbocycles. The van der Waals surface area contributed by atoms with Crippen LogP contribution in [0, 0.1) is 0 Å². The maximum absolute atomic E-state index is 12.8. The molecular weight excluding hydrogens is 446 g/mol. The van der Waals surface area contributed by atoms with Gasteiger partial charge in [-0.1, -0.05) is 48.5 Å². The number of carbonyl (C=O) groups is 3. The van der Waals surface area contributed by atoms with Crippen molar-refractivity contribution in [3.63, 3.8) is 0 Å². The van der Waals surface area contributed by atoms with Gasteiger partial charge in [-0.15, -0.1) is 0 Å². The van der Waals surface area contributed by atoms with Crippen molar-refractivity contribution in [3.05, 3.63) is 59.7 Å². The number of benzene rings is 2. The number of rotatable bonds is 8. The summed E-state index contributed by atoms with van der Waals surface area (Å²) in [5.41, 5.74) is 4.38. The van der Waals surface area contributed by atoms with Crippen LogP contribution >= 0.6 is 0 Å². The number of ether oxygens (including phenoxy) is 1. The van der Waals surface area contributed by atoms with E-state index in [0.29, 0.717) is 6.04 Å². The second-order valence-electron chi connectivity index (χ2n) is 9.53. The molecule has 0 spiro atoms. The first kappa shape index (κ1) is 24.7. The Morgan fingerprint density at radius 1 is 1.00 bits per heavy atom. The molecule has 1 aliphatic heterocycles. The molecule has 2 aliphatic rings. The number of nitrogens with zero attached hydrogens (tertiary/aromatic N) is 1. The second kappa shape index (κ2) is 10.9. The standard InChI is InChI=1S/C27H33N3O5/c1-17(2)30-13-11-18(12-14-30)28-26(33)24(15-25(31)32)29-27(34)35-16-23-21-9-5-3-7-19(21)20-8-4-6-10-22(20)23/h3-10,17-18,23-24H,11-16H2,1-2H3,(H,28,33)(H,29,34)(H,31,32). The van der Waals surface area contributed by atoms with Crippen molar-refractivity contribution >= 4 is 18.0 Å². The summed E-state index contributed by atoms with van der Waals surface area (Å²) < 4.78 is 5.50. The zero-order chi connectivity index (χ0) is 24.9. The van der Waals surface area contributed by atoms with E-state index < -0.39 is 30.4 Å². The number of aliphatic carboxylic acids is 1. The number of hydrogen-bond acceptors (Lipinski definition) is 5. The smallest absolute Gasteiger partial charge is 0.407 e. The molecule has 1 saturated heterocycles. The average Bonchev–Trinajstić information content (AvgIpc) is 3.16. The highest BCUT2D eigenvalue weighted by molar-refractivity contribution is 5.89. The van der Waals surface area contributed by atoms with Crippen LogP contribution in [0.15, 0.2) is 48.5 Å². The fraction of sp³-hybridized carbons (Fsp3) is 0.444. The van der Waals surface area contributed by atoms with Crippen LogP contribution in [0.4, 0.5) is 4.79 Å². The van der Waals surface area contributed by atoms with E-state index in [2.05, 4.69) is 29.4 Å². The highest BCUT2D eigenvalue weighted by atomic mass is 16.5. The third-order valence-electron chi connectivity index (χ3n) is 6.94. The van der Waals surface area contributed by atoms with Gasteiger partial charge in [0.25, 0.3) is 0 Å². The topological polar surface area (TPSA) is 108 Å². The minimum atomic E-state index is -1.20. The van der Waals surface area contributed by atoms with E-state index in [1.165, 1.54) is 0 Å². The van der Waals surface area contributed by atoms with Crippen LogP contribution in [0.25, 0.3) is 11.1 Å². The molecule has 1 heterocycles. The van der Waals surface area contributed by atoms with Gasteiger partial charge < -0.3 is 25.4 Å². The molecule has 4 rings (SSSR count). The predicted molar refractivity (Wildman–Crippen MR) is 132 cm³/mol. The average molecular weight is 480 g/mol. The van der Waals surface area contributed by atoms with Crippen molar-refractivity contribution in [2.24, 2.45) is 0 Å². The van der Waals surface area contributed by atoms with Gasteiger partial charge in [0.1, 0.15) is 12.6 Å². The van der Waals surface area contributed by atoms with Gasteiger partial charge in [-0.25, -0.2) is 4.79 Å². The minimum absolute atomic E-state index is 0.0434. The molecule has 0 aromatic heterocycles. The van der Waals surface area contributed by atoms with Gasteiger partial charge in [0.15, 0.2) is 0 Å². The van der Waals surface area contributed by atoms with Crippen LogP contribution in [0.5, 0.6) is 0 Å². The van der Waals surface area contributed by atoms with Crippen molar-refractivity contribution in [2.75, 3.05) is 19.7 Å². The first-order chi connectivity index (χ1) is 16.8. The van der Waals surface area contributed by atoms with Gasteiger partial charge in [0, 0.05) is 31.1 Å². The van der Waals surface area contributed by atoms with Gasteiger partial charge in [-0.3, -0.25) is 9.59 Å². The fourth-order valence-electron chi connectivity index (χ4n) is 5.03. The fourth-order valence-corrected chi connectivity index (χ4v) is 5.03. The van der Waals surface area contributed by atoms with Crippen molar-refractivity contribution < 1.29 is 24.2 Å². The number of amides is 2. The van der Waals surface area contributed by atoms with Gasteiger partial charge in [-0.2, -0.15) is 0 Å². The lowest BCUT2D eigenvalue weighted by Gasteiger charge is -2.35. The first-order valence-corrected chi connectivity index (χ1v) is 12.2. The van der Waals surface area contributed by atoms with Gasteiger partial charge in [0.05, 0.1) is 6.42 Å². The van der Waals surface area contributed by atoms with Crippen LogP contribution in [0.1, 0.15) is 50.2 Å². The van der Waals surface area contributed by atoms with E-state index in [1.54, 1.807) is 0 Å². The van der Waals surface area contributed by atoms with Gasteiger partial charge in [-0.05, 0) is 48.9 Å². The Labute approximate surface area is 205 Å². The number of alkyl carbamates (subject to hydrolysis) is 1. The van der Waals surface area contributed by atoms with E-state index in [1.807, 2.05) is 48.5 Å². The third-order valence-corrected chi connectivity index (χ3v) is 6.94. The maximum Gasteiger partial charge on any atom is 0.407 e. The van der Waals surface area contributed by atoms with E-state index in [9.17, 15) is 19.5 Å². The lowest BCUT2D eigenvalue weighted by molar-refractivity contribution is -0.140. The highest BCUT2D eigenvalue weighted by Gasteiger charge is 2.31. The summed E-state index contributed by atoms with van der Waals surface area (Å²) in [4.78, 5) is 39.2. The van der Waals surface area contributed by atoms with E-state index in [-0.39, 0.29) is 18.6 Å². The maximum atomic E-state index is 12.8. The Balaban J connectivity index is 1.35. The number of carbonyl (C=O) groups excluding carboxylic acids is 2. The Morgan fingerprint density at radius 3 is 2.11 bits per heavy atom. The SMILES string of the molecule is CC(C)N1CCC(NC(=O)C(CC(=O)O)NC(=O)OCC2c3ccccc3-c3ccccc32)CC1. The monoisotopic (exact) mass is 479 g/mol.